The maximum absolute atomic E-state index is 9.47. The summed E-state index contributed by atoms with van der Waals surface area (Å²) in [6, 6.07) is 67.4. The van der Waals surface area contributed by atoms with E-state index >= 15 is 0 Å². The van der Waals surface area contributed by atoms with Crippen molar-refractivity contribution in [1.82, 2.24) is 18.7 Å². The average molecular weight is 837 g/mol. The van der Waals surface area contributed by atoms with Crippen LogP contribution in [0.1, 0.15) is 5.48 Å². The van der Waals surface area contributed by atoms with Gasteiger partial charge in [0.05, 0.1) is 44.3 Å². The number of hydrogen-bond acceptors (Lipinski definition) is 2. The Morgan fingerprint density at radius 2 is 0.844 bits per heavy atom. The van der Waals surface area contributed by atoms with Gasteiger partial charge in [0.2, 0.25) is 0 Å². The van der Waals surface area contributed by atoms with Crippen molar-refractivity contribution < 1.29 is 5.48 Å². The Balaban J connectivity index is 1.17. The monoisotopic (exact) mass is 836 g/mol. The minimum absolute atomic E-state index is 0.0786. The largest absolute Gasteiger partial charge is 0.309 e. The standard InChI is InChI=1S/C59H36N4S/c1-8-24-48-40(16-1)41-17-2-9-25-49(41)61(48)54-30-15-23-39(37-32-33-56-47(34-37)46-22-7-14-31-55(46)64-56)59(54)38-35-57(62-50-26-10-3-18-42(50)43-19-4-11-27-51(43)62)60-58(36-38)63-52-28-12-5-20-44(52)45-21-6-13-29-53(45)63/h1-36H/i3D,10D,18D,26D. The second-order valence-corrected chi connectivity index (χ2v) is 17.5. The minimum Gasteiger partial charge on any atom is -0.309 e. The van der Waals surface area contributed by atoms with Crippen molar-refractivity contribution in [3.05, 3.63) is 218 Å². The average Bonchev–Trinajstić information content (AvgIpc) is 4.13. The van der Waals surface area contributed by atoms with Crippen molar-refractivity contribution >= 4 is 96.9 Å². The summed E-state index contributed by atoms with van der Waals surface area (Å²) in [6.45, 7) is 0. The van der Waals surface area contributed by atoms with Crippen molar-refractivity contribution in [2.24, 2.45) is 0 Å². The summed E-state index contributed by atoms with van der Waals surface area (Å²) in [5.41, 5.74) is 10.3. The fraction of sp³-hybridized carbons (Fsp3) is 0. The highest BCUT2D eigenvalue weighted by Gasteiger charge is 2.23. The zero-order valence-corrected chi connectivity index (χ0v) is 35.0. The number of thiophene rings is 1. The molecule has 0 aliphatic heterocycles. The number of aromatic nitrogens is 4. The molecule has 0 saturated carbocycles. The minimum atomic E-state index is -0.291. The molecule has 0 saturated heterocycles. The van der Waals surface area contributed by atoms with Crippen molar-refractivity contribution in [3.63, 3.8) is 0 Å². The summed E-state index contributed by atoms with van der Waals surface area (Å²) in [5, 5.41) is 8.14. The maximum atomic E-state index is 9.47. The van der Waals surface area contributed by atoms with E-state index in [2.05, 4.69) is 179 Å². The highest BCUT2D eigenvalue weighted by Crippen LogP contribution is 2.45. The van der Waals surface area contributed by atoms with Gasteiger partial charge in [-0.25, -0.2) is 4.98 Å². The molecule has 14 aromatic rings. The Kier molecular flexibility index (Phi) is 6.72. The Morgan fingerprint density at radius 3 is 1.45 bits per heavy atom. The lowest BCUT2D eigenvalue weighted by Gasteiger charge is -2.21. The van der Waals surface area contributed by atoms with Crippen molar-refractivity contribution in [2.45, 2.75) is 0 Å². The van der Waals surface area contributed by atoms with E-state index in [1.54, 1.807) is 11.3 Å². The molecule has 5 aromatic heterocycles. The molecule has 14 rings (SSSR count). The molecule has 0 radical (unpaired) electrons. The zero-order valence-electron chi connectivity index (χ0n) is 38.2. The van der Waals surface area contributed by atoms with E-state index in [1.807, 2.05) is 28.8 Å². The van der Waals surface area contributed by atoms with E-state index in [4.69, 9.17) is 7.73 Å². The van der Waals surface area contributed by atoms with Crippen LogP contribution in [0.2, 0.25) is 0 Å². The van der Waals surface area contributed by atoms with Crippen LogP contribution in [0.5, 0.6) is 0 Å². The molecule has 0 bridgehead atoms. The molecule has 0 aliphatic rings. The summed E-state index contributed by atoms with van der Waals surface area (Å²) in [5.74, 6) is 1.20. The summed E-state index contributed by atoms with van der Waals surface area (Å²) in [7, 11) is 0. The number of para-hydroxylation sites is 6. The van der Waals surface area contributed by atoms with Gasteiger partial charge in [0.25, 0.3) is 0 Å². The first kappa shape index (κ1) is 31.6. The van der Waals surface area contributed by atoms with E-state index in [0.717, 1.165) is 82.5 Å². The van der Waals surface area contributed by atoms with Gasteiger partial charge in [-0.05, 0) is 89.5 Å². The number of fused-ring (bicyclic) bond motifs is 12. The number of rotatable bonds is 5. The Morgan fingerprint density at radius 1 is 0.359 bits per heavy atom. The second kappa shape index (κ2) is 13.6. The summed E-state index contributed by atoms with van der Waals surface area (Å²) >= 11 is 1.81. The van der Waals surface area contributed by atoms with Gasteiger partial charge in [-0.15, -0.1) is 11.3 Å². The van der Waals surface area contributed by atoms with E-state index in [9.17, 15) is 2.74 Å². The lowest BCUT2D eigenvalue weighted by atomic mass is 9.92. The van der Waals surface area contributed by atoms with E-state index in [-0.39, 0.29) is 24.2 Å². The van der Waals surface area contributed by atoms with Crippen LogP contribution < -0.4 is 0 Å². The molecule has 4 nitrogen and oxygen atoms in total. The Hall–Kier alpha value is -8.25. The summed E-state index contributed by atoms with van der Waals surface area (Å²) in [6.07, 6.45) is 0. The fourth-order valence-corrected chi connectivity index (χ4v) is 11.4. The van der Waals surface area contributed by atoms with Gasteiger partial charge < -0.3 is 4.57 Å². The van der Waals surface area contributed by atoms with Crippen LogP contribution in [0, 0.1) is 0 Å². The zero-order chi connectivity index (χ0) is 45.4. The quantitative estimate of drug-likeness (QED) is 0.170. The first-order valence-electron chi connectivity index (χ1n) is 23.5. The lowest BCUT2D eigenvalue weighted by Crippen LogP contribution is -2.06. The van der Waals surface area contributed by atoms with E-state index < -0.39 is 0 Å². The number of hydrogen-bond donors (Lipinski definition) is 0. The first-order valence-corrected chi connectivity index (χ1v) is 22.3. The molecule has 5 heterocycles. The second-order valence-electron chi connectivity index (χ2n) is 16.4. The summed E-state index contributed by atoms with van der Waals surface area (Å²) in [4.78, 5) is 5.60. The lowest BCUT2D eigenvalue weighted by molar-refractivity contribution is 1.01. The van der Waals surface area contributed by atoms with Crippen LogP contribution in [-0.2, 0) is 0 Å². The number of benzene rings is 9. The molecule has 0 aliphatic carbocycles. The normalized spacial score (nSPS) is 12.9. The third kappa shape index (κ3) is 5.07. The van der Waals surface area contributed by atoms with E-state index in [0.29, 0.717) is 22.5 Å². The van der Waals surface area contributed by atoms with Gasteiger partial charge in [0.1, 0.15) is 11.6 Å². The van der Waals surface area contributed by atoms with Crippen LogP contribution in [-0.4, -0.2) is 18.7 Å². The van der Waals surface area contributed by atoms with Crippen molar-refractivity contribution in [2.75, 3.05) is 0 Å². The van der Waals surface area contributed by atoms with Crippen LogP contribution in [0.15, 0.2) is 218 Å². The summed E-state index contributed by atoms with van der Waals surface area (Å²) < 4.78 is 45.4. The molecule has 64 heavy (non-hydrogen) atoms. The van der Waals surface area contributed by atoms with Gasteiger partial charge in [-0.2, -0.15) is 0 Å². The smallest absolute Gasteiger partial charge is 0.140 e. The Labute approximate surface area is 377 Å². The van der Waals surface area contributed by atoms with Gasteiger partial charge in [0, 0.05) is 58.1 Å². The molecule has 0 unspecified atom stereocenters. The van der Waals surface area contributed by atoms with Gasteiger partial charge in [-0.3, -0.25) is 9.13 Å². The third-order valence-corrected chi connectivity index (χ3v) is 14.1. The highest BCUT2D eigenvalue weighted by molar-refractivity contribution is 7.25. The first-order chi connectivity index (χ1) is 33.4. The van der Waals surface area contributed by atoms with E-state index in [1.165, 1.54) is 20.2 Å². The molecule has 5 heteroatoms. The Bertz CT molecular complexity index is 4350. The fourth-order valence-electron chi connectivity index (χ4n) is 10.3. The highest BCUT2D eigenvalue weighted by atomic mass is 32.1. The number of nitrogens with zero attached hydrogens (tertiary/aromatic N) is 4. The molecule has 298 valence electrons. The van der Waals surface area contributed by atoms with Crippen molar-refractivity contribution in [3.8, 4) is 39.6 Å². The van der Waals surface area contributed by atoms with Crippen LogP contribution >= 0.6 is 11.3 Å². The van der Waals surface area contributed by atoms with Crippen molar-refractivity contribution in [1.29, 1.82) is 0 Å². The molecule has 0 fully saturated rings. The molecular weight excluding hydrogens is 797 g/mol. The molecule has 0 atom stereocenters. The molecule has 0 N–H and O–H groups in total. The third-order valence-electron chi connectivity index (χ3n) is 13.0. The predicted octanol–water partition coefficient (Wildman–Crippen LogP) is 16.1. The topological polar surface area (TPSA) is 27.7 Å². The van der Waals surface area contributed by atoms with Crippen LogP contribution in [0.25, 0.3) is 125 Å². The molecular formula is C59H36N4S. The van der Waals surface area contributed by atoms with Crippen LogP contribution in [0.3, 0.4) is 0 Å². The predicted molar refractivity (Wildman–Crippen MR) is 271 cm³/mol. The maximum Gasteiger partial charge on any atom is 0.140 e. The number of pyridine rings is 1. The molecule has 9 aromatic carbocycles. The van der Waals surface area contributed by atoms with Gasteiger partial charge in [-0.1, -0.05) is 146 Å². The SMILES string of the molecule is [2H]c1c([2H])c([2H])c2c(c1[2H])c1ccccc1n2-c1cc(-c2c(-c3ccc4sc5ccccc5c4c3)cccc2-n2c3ccccc3c3ccccc32)cc(-n2c3ccccc3c3ccccc32)n1. The molecule has 0 amide bonds. The van der Waals surface area contributed by atoms with Gasteiger partial charge in [0.15, 0.2) is 0 Å². The van der Waals surface area contributed by atoms with Crippen LogP contribution in [0.4, 0.5) is 0 Å². The van der Waals surface area contributed by atoms with Gasteiger partial charge >= 0.3 is 0 Å². The molecule has 0 spiro atoms.